The minimum Gasteiger partial charge on any atom is -0.340 e. The summed E-state index contributed by atoms with van der Waals surface area (Å²) in [4.78, 5) is 26.4. The van der Waals surface area contributed by atoms with Gasteiger partial charge in [0.25, 0.3) is 5.69 Å². The van der Waals surface area contributed by atoms with E-state index in [9.17, 15) is 14.9 Å². The molecular formula is C14H20N4O3. The van der Waals surface area contributed by atoms with Crippen LogP contribution >= 0.6 is 0 Å². The topological polar surface area (TPSA) is 78.7 Å². The van der Waals surface area contributed by atoms with E-state index in [4.69, 9.17) is 0 Å². The third kappa shape index (κ3) is 4.24. The first kappa shape index (κ1) is 15.4. The van der Waals surface area contributed by atoms with E-state index in [1.165, 1.54) is 6.07 Å². The molecule has 0 unspecified atom stereocenters. The number of piperazine rings is 1. The summed E-state index contributed by atoms with van der Waals surface area (Å²) in [6.07, 6.45) is 0. The van der Waals surface area contributed by atoms with Gasteiger partial charge in [0.05, 0.1) is 18.0 Å². The highest BCUT2D eigenvalue weighted by atomic mass is 16.6. The standard InChI is InChI=1S/C14H20N4O3/c1-16(14(19)11-17-8-6-15-7-9-17)10-12-4-2-3-5-13(12)18(20)21/h2-5,15H,6-11H2,1H3. The fourth-order valence-electron chi connectivity index (χ4n) is 2.35. The van der Waals surface area contributed by atoms with Crippen LogP contribution in [-0.2, 0) is 11.3 Å². The second-order valence-corrected chi connectivity index (χ2v) is 5.16. The van der Waals surface area contributed by atoms with Gasteiger partial charge in [0.2, 0.25) is 5.91 Å². The third-order valence-electron chi connectivity index (χ3n) is 3.59. The van der Waals surface area contributed by atoms with E-state index in [2.05, 4.69) is 10.2 Å². The number of amides is 1. The quantitative estimate of drug-likeness (QED) is 0.630. The predicted molar refractivity (Wildman–Crippen MR) is 78.9 cm³/mol. The van der Waals surface area contributed by atoms with E-state index in [0.717, 1.165) is 26.2 Å². The smallest absolute Gasteiger partial charge is 0.274 e. The van der Waals surface area contributed by atoms with Crippen molar-refractivity contribution in [2.24, 2.45) is 0 Å². The summed E-state index contributed by atoms with van der Waals surface area (Å²) in [6.45, 7) is 4.10. The Morgan fingerprint density at radius 1 is 1.38 bits per heavy atom. The summed E-state index contributed by atoms with van der Waals surface area (Å²) >= 11 is 0. The van der Waals surface area contributed by atoms with E-state index in [0.29, 0.717) is 12.1 Å². The van der Waals surface area contributed by atoms with Gasteiger partial charge in [0.15, 0.2) is 0 Å². The molecule has 1 aromatic rings. The zero-order valence-corrected chi connectivity index (χ0v) is 12.1. The summed E-state index contributed by atoms with van der Waals surface area (Å²) in [5.41, 5.74) is 0.609. The summed E-state index contributed by atoms with van der Waals surface area (Å²) in [6, 6.07) is 6.53. The van der Waals surface area contributed by atoms with Gasteiger partial charge in [-0.05, 0) is 0 Å². The van der Waals surface area contributed by atoms with Crippen molar-refractivity contribution in [2.45, 2.75) is 6.54 Å². The maximum Gasteiger partial charge on any atom is 0.274 e. The Hall–Kier alpha value is -1.99. The Morgan fingerprint density at radius 2 is 2.05 bits per heavy atom. The maximum absolute atomic E-state index is 12.2. The molecule has 1 fully saturated rings. The van der Waals surface area contributed by atoms with Gasteiger partial charge < -0.3 is 10.2 Å². The minimum absolute atomic E-state index is 0.0185. The van der Waals surface area contributed by atoms with E-state index >= 15 is 0 Å². The molecule has 0 saturated carbocycles. The summed E-state index contributed by atoms with van der Waals surface area (Å²) in [7, 11) is 1.68. The van der Waals surface area contributed by atoms with Crippen LogP contribution in [0, 0.1) is 10.1 Å². The molecule has 7 heteroatoms. The molecule has 7 nitrogen and oxygen atoms in total. The van der Waals surface area contributed by atoms with Crippen molar-refractivity contribution in [1.82, 2.24) is 15.1 Å². The third-order valence-corrected chi connectivity index (χ3v) is 3.59. The number of hydrogen-bond acceptors (Lipinski definition) is 5. The average molecular weight is 292 g/mol. The Labute approximate surface area is 123 Å². The SMILES string of the molecule is CN(Cc1ccccc1[N+](=O)[O-])C(=O)CN1CCNCC1. The first-order chi connectivity index (χ1) is 10.1. The van der Waals surface area contributed by atoms with Crippen LogP contribution in [0.4, 0.5) is 5.69 Å². The molecule has 21 heavy (non-hydrogen) atoms. The molecule has 0 radical (unpaired) electrons. The van der Waals surface area contributed by atoms with Gasteiger partial charge in [0.1, 0.15) is 0 Å². The lowest BCUT2D eigenvalue weighted by atomic mass is 10.1. The highest BCUT2D eigenvalue weighted by Gasteiger charge is 2.19. The molecule has 114 valence electrons. The summed E-state index contributed by atoms with van der Waals surface area (Å²) in [5, 5.41) is 14.2. The summed E-state index contributed by atoms with van der Waals surface area (Å²) in [5.74, 6) is -0.0185. The van der Waals surface area contributed by atoms with E-state index in [1.54, 1.807) is 30.1 Å². The zero-order valence-electron chi connectivity index (χ0n) is 12.1. The molecule has 1 saturated heterocycles. The Bertz CT molecular complexity index is 515. The van der Waals surface area contributed by atoms with E-state index in [-0.39, 0.29) is 18.1 Å². The van der Waals surface area contributed by atoms with Crippen molar-refractivity contribution in [3.63, 3.8) is 0 Å². The molecule has 2 rings (SSSR count). The number of carbonyl (C=O) groups excluding carboxylic acids is 1. The Balaban J connectivity index is 1.95. The molecule has 1 aromatic carbocycles. The highest BCUT2D eigenvalue weighted by molar-refractivity contribution is 5.78. The Morgan fingerprint density at radius 3 is 2.71 bits per heavy atom. The zero-order chi connectivity index (χ0) is 15.2. The molecule has 1 heterocycles. The second kappa shape index (κ2) is 7.14. The van der Waals surface area contributed by atoms with Crippen molar-refractivity contribution in [1.29, 1.82) is 0 Å². The fraction of sp³-hybridized carbons (Fsp3) is 0.500. The lowest BCUT2D eigenvalue weighted by molar-refractivity contribution is -0.385. The van der Waals surface area contributed by atoms with Crippen LogP contribution in [0.25, 0.3) is 0 Å². The molecule has 0 atom stereocenters. The lowest BCUT2D eigenvalue weighted by Gasteiger charge is -2.28. The molecule has 0 aliphatic carbocycles. The number of nitrogens with one attached hydrogen (secondary N) is 1. The van der Waals surface area contributed by atoms with Crippen molar-refractivity contribution in [3.8, 4) is 0 Å². The summed E-state index contributed by atoms with van der Waals surface area (Å²) < 4.78 is 0. The first-order valence-corrected chi connectivity index (χ1v) is 6.97. The number of para-hydroxylation sites is 1. The van der Waals surface area contributed by atoms with Crippen LogP contribution in [-0.4, -0.2) is 60.4 Å². The molecule has 0 aromatic heterocycles. The van der Waals surface area contributed by atoms with Crippen molar-refractivity contribution < 1.29 is 9.72 Å². The predicted octanol–water partition coefficient (Wildman–Crippen LogP) is 0.458. The minimum atomic E-state index is -0.413. The normalized spacial score (nSPS) is 15.7. The molecule has 1 aliphatic heterocycles. The number of nitro benzene ring substituents is 1. The number of nitro groups is 1. The second-order valence-electron chi connectivity index (χ2n) is 5.16. The molecular weight excluding hydrogens is 272 g/mol. The van der Waals surface area contributed by atoms with Crippen LogP contribution in [0.5, 0.6) is 0 Å². The first-order valence-electron chi connectivity index (χ1n) is 6.97. The Kier molecular flexibility index (Phi) is 5.24. The van der Waals surface area contributed by atoms with Crippen molar-refractivity contribution in [2.75, 3.05) is 39.8 Å². The van der Waals surface area contributed by atoms with Crippen LogP contribution in [0.15, 0.2) is 24.3 Å². The maximum atomic E-state index is 12.2. The number of carbonyl (C=O) groups is 1. The van der Waals surface area contributed by atoms with Gasteiger partial charge in [-0.3, -0.25) is 19.8 Å². The average Bonchev–Trinajstić information content (AvgIpc) is 2.48. The number of hydrogen-bond donors (Lipinski definition) is 1. The van der Waals surface area contributed by atoms with Crippen molar-refractivity contribution in [3.05, 3.63) is 39.9 Å². The van der Waals surface area contributed by atoms with E-state index in [1.807, 2.05) is 0 Å². The number of likely N-dealkylation sites (N-methyl/N-ethyl adjacent to an activating group) is 1. The van der Waals surface area contributed by atoms with Gasteiger partial charge >= 0.3 is 0 Å². The molecule has 0 spiro atoms. The molecule has 1 N–H and O–H groups in total. The molecule has 1 amide bonds. The molecule has 0 bridgehead atoms. The monoisotopic (exact) mass is 292 g/mol. The number of benzene rings is 1. The fourth-order valence-corrected chi connectivity index (χ4v) is 2.35. The van der Waals surface area contributed by atoms with Crippen molar-refractivity contribution >= 4 is 11.6 Å². The largest absolute Gasteiger partial charge is 0.340 e. The van der Waals surface area contributed by atoms with Gasteiger partial charge in [-0.15, -0.1) is 0 Å². The van der Waals surface area contributed by atoms with Crippen LogP contribution < -0.4 is 5.32 Å². The van der Waals surface area contributed by atoms with Gasteiger partial charge in [-0.2, -0.15) is 0 Å². The van der Waals surface area contributed by atoms with E-state index < -0.39 is 4.92 Å². The van der Waals surface area contributed by atoms with Gasteiger partial charge in [-0.1, -0.05) is 18.2 Å². The van der Waals surface area contributed by atoms with Crippen LogP contribution in [0.2, 0.25) is 0 Å². The van der Waals surface area contributed by atoms with Crippen LogP contribution in [0.1, 0.15) is 5.56 Å². The van der Waals surface area contributed by atoms with Gasteiger partial charge in [-0.25, -0.2) is 0 Å². The molecule has 1 aliphatic rings. The lowest BCUT2D eigenvalue weighted by Crippen LogP contribution is -2.47. The van der Waals surface area contributed by atoms with Crippen LogP contribution in [0.3, 0.4) is 0 Å². The van der Waals surface area contributed by atoms with Gasteiger partial charge in [0, 0.05) is 44.9 Å². The highest BCUT2D eigenvalue weighted by Crippen LogP contribution is 2.19. The number of nitrogens with zero attached hydrogens (tertiary/aromatic N) is 3. The number of rotatable bonds is 5.